The lowest BCUT2D eigenvalue weighted by molar-refractivity contribution is -0.132. The molecule has 0 bridgehead atoms. The van der Waals surface area contributed by atoms with Gasteiger partial charge in [-0.2, -0.15) is 0 Å². The third-order valence-corrected chi connectivity index (χ3v) is 8.08. The van der Waals surface area contributed by atoms with Gasteiger partial charge in [0.25, 0.3) is 0 Å². The number of rotatable bonds is 6. The van der Waals surface area contributed by atoms with Gasteiger partial charge in [0.05, 0.1) is 18.8 Å². The summed E-state index contributed by atoms with van der Waals surface area (Å²) in [6.07, 6.45) is 5.27. The van der Waals surface area contributed by atoms with Crippen molar-refractivity contribution in [2.45, 2.75) is 43.9 Å². The minimum absolute atomic E-state index is 0.0128. The van der Waals surface area contributed by atoms with Gasteiger partial charge in [0.1, 0.15) is 12.1 Å². The Labute approximate surface area is 227 Å². The molecule has 0 spiro atoms. The number of amides is 3. The van der Waals surface area contributed by atoms with Crippen molar-refractivity contribution in [1.29, 1.82) is 0 Å². The zero-order valence-electron chi connectivity index (χ0n) is 22.0. The number of nitrogens with one attached hydrogen (secondary N) is 2. The van der Waals surface area contributed by atoms with Gasteiger partial charge in [0, 0.05) is 31.9 Å². The lowest BCUT2D eigenvalue weighted by Crippen LogP contribution is -2.54. The second-order valence-electron chi connectivity index (χ2n) is 10.9. The first-order valence-electron chi connectivity index (χ1n) is 13.9. The topological polar surface area (TPSA) is 99.7 Å². The van der Waals surface area contributed by atoms with Crippen LogP contribution in [-0.2, 0) is 9.53 Å². The van der Waals surface area contributed by atoms with E-state index in [0.717, 1.165) is 29.7 Å². The molecule has 6 rings (SSSR count). The van der Waals surface area contributed by atoms with Crippen LogP contribution >= 0.6 is 0 Å². The molecule has 3 aromatic rings. The van der Waals surface area contributed by atoms with Crippen LogP contribution in [0.25, 0.3) is 11.3 Å². The molecule has 2 aromatic carbocycles. The van der Waals surface area contributed by atoms with E-state index in [2.05, 4.69) is 10.3 Å². The van der Waals surface area contributed by atoms with Crippen molar-refractivity contribution < 1.29 is 14.3 Å². The van der Waals surface area contributed by atoms with Gasteiger partial charge in [-0.05, 0) is 42.7 Å². The molecule has 3 amide bonds. The van der Waals surface area contributed by atoms with Crippen LogP contribution < -0.4 is 11.0 Å². The van der Waals surface area contributed by atoms with Gasteiger partial charge in [-0.1, -0.05) is 60.7 Å². The predicted octanol–water partition coefficient (Wildman–Crippen LogP) is 3.57. The number of urea groups is 1. The van der Waals surface area contributed by atoms with Crippen LogP contribution in [0, 0.1) is 5.92 Å². The second kappa shape index (κ2) is 11.1. The number of nitrogens with zero attached hydrogens (tertiary/aromatic N) is 3. The van der Waals surface area contributed by atoms with Gasteiger partial charge in [0.2, 0.25) is 5.91 Å². The molecule has 2 N–H and O–H groups in total. The first-order valence-corrected chi connectivity index (χ1v) is 13.9. The van der Waals surface area contributed by atoms with Crippen molar-refractivity contribution in [2.75, 3.05) is 32.8 Å². The molecule has 9 nitrogen and oxygen atoms in total. The highest BCUT2D eigenvalue weighted by Gasteiger charge is 2.37. The summed E-state index contributed by atoms with van der Waals surface area (Å²) >= 11 is 0. The van der Waals surface area contributed by atoms with Crippen molar-refractivity contribution in [2.24, 2.45) is 5.92 Å². The number of imidazole rings is 1. The van der Waals surface area contributed by atoms with Crippen molar-refractivity contribution >= 4 is 11.9 Å². The van der Waals surface area contributed by atoms with E-state index in [1.165, 1.54) is 0 Å². The molecule has 9 heteroatoms. The average Bonchev–Trinajstić information content (AvgIpc) is 3.74. The first-order chi connectivity index (χ1) is 19.0. The molecule has 3 fully saturated rings. The number of benzene rings is 2. The van der Waals surface area contributed by atoms with Crippen molar-refractivity contribution in [3.8, 4) is 11.3 Å². The molecular weight excluding hydrogens is 494 g/mol. The number of aromatic amines is 1. The maximum Gasteiger partial charge on any atom is 0.326 e. The molecule has 204 valence electrons. The predicted molar refractivity (Wildman–Crippen MR) is 147 cm³/mol. The normalized spacial score (nSPS) is 22.5. The largest absolute Gasteiger partial charge is 0.369 e. The zero-order chi connectivity index (χ0) is 26.8. The van der Waals surface area contributed by atoms with Crippen LogP contribution in [0.1, 0.15) is 43.4 Å². The average molecular weight is 530 g/mol. The van der Waals surface area contributed by atoms with Gasteiger partial charge < -0.3 is 24.8 Å². The number of aromatic nitrogens is 2. The van der Waals surface area contributed by atoms with Gasteiger partial charge in [-0.15, -0.1) is 0 Å². The summed E-state index contributed by atoms with van der Waals surface area (Å²) < 4.78 is 7.93. The number of piperidine rings is 1. The summed E-state index contributed by atoms with van der Waals surface area (Å²) in [4.78, 5) is 45.9. The van der Waals surface area contributed by atoms with E-state index in [4.69, 9.17) is 4.74 Å². The molecule has 2 saturated heterocycles. The standard InChI is InChI=1S/C30H35N5O4/c36-28-26(20-39-27(23-9-5-2-6-10-23)19-34(28)17-21-11-12-21)32-29(37)33-15-13-24(14-16-33)35-18-25(31-30(35)38)22-7-3-1-4-8-22/h1-10,18,21,24,26-27H,11-17,19-20H2,(H,31,38)(H,32,37)/t26-,27+/m0/s1. The summed E-state index contributed by atoms with van der Waals surface area (Å²) in [5.74, 6) is 0.467. The fraction of sp³-hybridized carbons (Fsp3) is 0.433. The second-order valence-corrected chi connectivity index (χ2v) is 10.9. The monoisotopic (exact) mass is 529 g/mol. The maximum atomic E-state index is 13.5. The van der Waals surface area contributed by atoms with E-state index in [9.17, 15) is 14.4 Å². The number of H-pyrrole nitrogens is 1. The van der Waals surface area contributed by atoms with Crippen LogP contribution in [-0.4, -0.2) is 70.1 Å². The van der Waals surface area contributed by atoms with Crippen LogP contribution in [0.5, 0.6) is 0 Å². The molecule has 3 aliphatic rings. The number of ether oxygens (including phenoxy) is 1. The van der Waals surface area contributed by atoms with Crippen LogP contribution in [0.15, 0.2) is 71.7 Å². The lowest BCUT2D eigenvalue weighted by Gasteiger charge is -2.33. The summed E-state index contributed by atoms with van der Waals surface area (Å²) in [6, 6.07) is 18.8. The summed E-state index contributed by atoms with van der Waals surface area (Å²) in [5, 5.41) is 2.96. The number of likely N-dealkylation sites (tertiary alicyclic amines) is 1. The highest BCUT2D eigenvalue weighted by Crippen LogP contribution is 2.32. The molecule has 1 aliphatic carbocycles. The maximum absolute atomic E-state index is 13.5. The van der Waals surface area contributed by atoms with E-state index >= 15 is 0 Å². The van der Waals surface area contributed by atoms with Gasteiger partial charge in [-0.25, -0.2) is 9.59 Å². The minimum Gasteiger partial charge on any atom is -0.369 e. The van der Waals surface area contributed by atoms with E-state index in [1.807, 2.05) is 71.8 Å². The Hall–Kier alpha value is -3.85. The fourth-order valence-corrected chi connectivity index (χ4v) is 5.63. The Morgan fingerprint density at radius 2 is 1.64 bits per heavy atom. The smallest absolute Gasteiger partial charge is 0.326 e. The van der Waals surface area contributed by atoms with E-state index < -0.39 is 6.04 Å². The van der Waals surface area contributed by atoms with E-state index in [1.54, 1.807) is 9.47 Å². The highest BCUT2D eigenvalue weighted by molar-refractivity contribution is 5.87. The third-order valence-electron chi connectivity index (χ3n) is 8.08. The van der Waals surface area contributed by atoms with Crippen molar-refractivity contribution in [3.05, 3.63) is 82.9 Å². The number of carbonyl (C=O) groups excluding carboxylic acids is 2. The number of hydrogen-bond acceptors (Lipinski definition) is 4. The molecule has 2 atom stereocenters. The fourth-order valence-electron chi connectivity index (χ4n) is 5.63. The third kappa shape index (κ3) is 5.78. The molecule has 2 aliphatic heterocycles. The van der Waals surface area contributed by atoms with Crippen molar-refractivity contribution in [3.63, 3.8) is 0 Å². The van der Waals surface area contributed by atoms with Crippen LogP contribution in [0.4, 0.5) is 4.79 Å². The Kier molecular flexibility index (Phi) is 7.24. The first kappa shape index (κ1) is 25.4. The van der Waals surface area contributed by atoms with Gasteiger partial charge in [-0.3, -0.25) is 9.36 Å². The molecule has 3 heterocycles. The Morgan fingerprint density at radius 3 is 2.33 bits per heavy atom. The van der Waals surface area contributed by atoms with E-state index in [0.29, 0.717) is 44.9 Å². The Morgan fingerprint density at radius 1 is 0.949 bits per heavy atom. The zero-order valence-corrected chi connectivity index (χ0v) is 22.0. The van der Waals surface area contributed by atoms with Crippen molar-refractivity contribution in [1.82, 2.24) is 24.7 Å². The SMILES string of the molecule is O=C(N[C@H]1CO[C@@H](c2ccccc2)CN(CC2CC2)C1=O)N1CCC(n2cc(-c3ccccc3)[nH]c2=O)CC1. The highest BCUT2D eigenvalue weighted by atomic mass is 16.5. The molecule has 1 aromatic heterocycles. The Bertz CT molecular complexity index is 1340. The molecule has 1 saturated carbocycles. The van der Waals surface area contributed by atoms with Gasteiger partial charge in [0.15, 0.2) is 0 Å². The van der Waals surface area contributed by atoms with Crippen LogP contribution in [0.2, 0.25) is 0 Å². The van der Waals surface area contributed by atoms with Gasteiger partial charge >= 0.3 is 11.7 Å². The summed E-state index contributed by atoms with van der Waals surface area (Å²) in [5.41, 5.74) is 2.65. The number of carbonyl (C=O) groups is 2. The summed E-state index contributed by atoms with van der Waals surface area (Å²) in [7, 11) is 0. The summed E-state index contributed by atoms with van der Waals surface area (Å²) in [6.45, 7) is 2.36. The molecule has 0 unspecified atom stereocenters. The minimum atomic E-state index is -0.719. The van der Waals surface area contributed by atoms with E-state index in [-0.39, 0.29) is 36.4 Å². The molecule has 39 heavy (non-hydrogen) atoms. The van der Waals surface area contributed by atoms with Crippen LogP contribution in [0.3, 0.4) is 0 Å². The lowest BCUT2D eigenvalue weighted by atomic mass is 10.1. The quantitative estimate of drug-likeness (QED) is 0.510. The molecular formula is C30H35N5O4. The molecule has 0 radical (unpaired) electrons. The Balaban J connectivity index is 1.08. The number of hydrogen-bond donors (Lipinski definition) is 2.